The summed E-state index contributed by atoms with van der Waals surface area (Å²) in [4.78, 5) is 13.2. The second kappa shape index (κ2) is 5.80. The van der Waals surface area contributed by atoms with Crippen molar-refractivity contribution in [2.45, 2.75) is 19.4 Å². The van der Waals surface area contributed by atoms with E-state index in [-0.39, 0.29) is 5.56 Å². The van der Waals surface area contributed by atoms with E-state index in [1.165, 1.54) is 6.07 Å². The van der Waals surface area contributed by atoms with Crippen LogP contribution in [0.4, 0.5) is 5.69 Å². The van der Waals surface area contributed by atoms with Crippen LogP contribution in [0.2, 0.25) is 5.02 Å². The maximum atomic E-state index is 10.9. The van der Waals surface area contributed by atoms with Gasteiger partial charge in [0.1, 0.15) is 0 Å². The van der Waals surface area contributed by atoms with Crippen molar-refractivity contribution in [2.75, 3.05) is 25.5 Å². The Balaban J connectivity index is 2.09. The van der Waals surface area contributed by atoms with Gasteiger partial charge in [-0.3, -0.25) is 0 Å². The van der Waals surface area contributed by atoms with Gasteiger partial charge in [0.25, 0.3) is 0 Å². The summed E-state index contributed by atoms with van der Waals surface area (Å²) in [5.41, 5.74) is 1.03. The van der Waals surface area contributed by atoms with Crippen LogP contribution in [0.15, 0.2) is 18.2 Å². The molecule has 1 aliphatic heterocycles. The molecule has 0 saturated carbocycles. The Labute approximate surface area is 118 Å². The van der Waals surface area contributed by atoms with Gasteiger partial charge in [0.05, 0.1) is 16.3 Å². The predicted octanol–water partition coefficient (Wildman–Crippen LogP) is 2.79. The second-order valence-electron chi connectivity index (χ2n) is 5.28. The van der Waals surface area contributed by atoms with Gasteiger partial charge in [0.15, 0.2) is 0 Å². The number of rotatable bonds is 3. The molecule has 0 bridgehead atoms. The van der Waals surface area contributed by atoms with Gasteiger partial charge < -0.3 is 15.3 Å². The molecule has 1 aromatic carbocycles. The van der Waals surface area contributed by atoms with Crippen LogP contribution in [-0.2, 0) is 0 Å². The zero-order valence-electron chi connectivity index (χ0n) is 11.2. The maximum Gasteiger partial charge on any atom is 0.335 e. The van der Waals surface area contributed by atoms with Crippen molar-refractivity contribution in [1.82, 2.24) is 4.90 Å². The van der Waals surface area contributed by atoms with E-state index in [4.69, 9.17) is 16.7 Å². The second-order valence-corrected chi connectivity index (χ2v) is 5.69. The molecule has 1 aromatic rings. The summed E-state index contributed by atoms with van der Waals surface area (Å²) in [5.74, 6) is -0.421. The third kappa shape index (κ3) is 3.39. The lowest BCUT2D eigenvalue weighted by molar-refractivity contribution is 0.0697. The first kappa shape index (κ1) is 14.2. The number of likely N-dealkylation sites (tertiary alicyclic amines) is 1. The largest absolute Gasteiger partial charge is 0.478 e. The van der Waals surface area contributed by atoms with Crippen LogP contribution in [-0.4, -0.2) is 42.2 Å². The Bertz CT molecular complexity index is 479. The predicted molar refractivity (Wildman–Crippen MR) is 77.1 cm³/mol. The van der Waals surface area contributed by atoms with Gasteiger partial charge in [0.2, 0.25) is 0 Å². The van der Waals surface area contributed by atoms with E-state index >= 15 is 0 Å². The van der Waals surface area contributed by atoms with Crippen LogP contribution in [0.5, 0.6) is 0 Å². The lowest BCUT2D eigenvalue weighted by Crippen LogP contribution is -2.43. The first-order chi connectivity index (χ1) is 8.97. The quantitative estimate of drug-likeness (QED) is 0.895. The average Bonchev–Trinajstić information content (AvgIpc) is 2.34. The molecule has 0 aromatic heterocycles. The molecule has 1 fully saturated rings. The van der Waals surface area contributed by atoms with E-state index in [9.17, 15) is 4.79 Å². The van der Waals surface area contributed by atoms with Crippen LogP contribution < -0.4 is 5.32 Å². The maximum absolute atomic E-state index is 10.9. The minimum atomic E-state index is -0.957. The summed E-state index contributed by atoms with van der Waals surface area (Å²) in [6.07, 6.45) is 1.06. The van der Waals surface area contributed by atoms with E-state index in [0.29, 0.717) is 17.0 Å². The summed E-state index contributed by atoms with van der Waals surface area (Å²) in [6, 6.07) is 5.20. The molecule has 5 heteroatoms. The highest BCUT2D eigenvalue weighted by Gasteiger charge is 2.24. The van der Waals surface area contributed by atoms with Crippen molar-refractivity contribution in [3.8, 4) is 0 Å². The molecule has 1 heterocycles. The number of hydrogen-bond donors (Lipinski definition) is 2. The molecule has 1 aliphatic rings. The zero-order chi connectivity index (χ0) is 14.0. The van der Waals surface area contributed by atoms with Gasteiger partial charge in [-0.2, -0.15) is 0 Å². The molecule has 104 valence electrons. The highest BCUT2D eigenvalue weighted by atomic mass is 35.5. The van der Waals surface area contributed by atoms with Crippen LogP contribution in [0.3, 0.4) is 0 Å². The third-order valence-corrected chi connectivity index (χ3v) is 3.98. The molecule has 0 radical (unpaired) electrons. The summed E-state index contributed by atoms with van der Waals surface area (Å²) in [6.45, 7) is 4.34. The van der Waals surface area contributed by atoms with E-state index in [1.807, 2.05) is 0 Å². The minimum absolute atomic E-state index is 0.215. The smallest absolute Gasteiger partial charge is 0.335 e. The van der Waals surface area contributed by atoms with E-state index < -0.39 is 5.97 Å². The number of benzene rings is 1. The van der Waals surface area contributed by atoms with Crippen molar-refractivity contribution in [3.63, 3.8) is 0 Å². The van der Waals surface area contributed by atoms with E-state index in [2.05, 4.69) is 24.2 Å². The van der Waals surface area contributed by atoms with Gasteiger partial charge in [0, 0.05) is 12.6 Å². The van der Waals surface area contributed by atoms with Crippen molar-refractivity contribution in [2.24, 2.45) is 5.92 Å². The van der Waals surface area contributed by atoms with Crippen molar-refractivity contribution in [1.29, 1.82) is 0 Å². The van der Waals surface area contributed by atoms with Gasteiger partial charge in [-0.15, -0.1) is 0 Å². The molecule has 2 rings (SSSR count). The summed E-state index contributed by atoms with van der Waals surface area (Å²) >= 11 is 6.13. The number of nitrogens with zero attached hydrogens (tertiary/aromatic N) is 1. The SMILES string of the molecule is CC1CN(C)CCC1Nc1ccc(C(=O)O)cc1Cl. The van der Waals surface area contributed by atoms with Gasteiger partial charge in [-0.1, -0.05) is 18.5 Å². The summed E-state index contributed by atoms with van der Waals surface area (Å²) in [7, 11) is 2.13. The number of halogens is 1. The number of carbonyl (C=O) groups is 1. The van der Waals surface area contributed by atoms with Gasteiger partial charge in [-0.25, -0.2) is 4.79 Å². The lowest BCUT2D eigenvalue weighted by Gasteiger charge is -2.36. The highest BCUT2D eigenvalue weighted by molar-refractivity contribution is 6.33. The molecule has 0 aliphatic carbocycles. The van der Waals surface area contributed by atoms with E-state index in [1.54, 1.807) is 12.1 Å². The number of hydrogen-bond acceptors (Lipinski definition) is 3. The fourth-order valence-electron chi connectivity index (χ4n) is 2.53. The van der Waals surface area contributed by atoms with Crippen LogP contribution in [0.25, 0.3) is 0 Å². The highest BCUT2D eigenvalue weighted by Crippen LogP contribution is 2.27. The number of anilines is 1. The Kier molecular flexibility index (Phi) is 4.32. The number of nitrogens with one attached hydrogen (secondary N) is 1. The van der Waals surface area contributed by atoms with E-state index in [0.717, 1.165) is 25.2 Å². The minimum Gasteiger partial charge on any atom is -0.478 e. The van der Waals surface area contributed by atoms with Crippen molar-refractivity contribution >= 4 is 23.3 Å². The zero-order valence-corrected chi connectivity index (χ0v) is 11.9. The molecule has 0 spiro atoms. The lowest BCUT2D eigenvalue weighted by atomic mass is 9.94. The van der Waals surface area contributed by atoms with Crippen molar-refractivity contribution < 1.29 is 9.90 Å². The molecule has 2 atom stereocenters. The topological polar surface area (TPSA) is 52.6 Å². The summed E-state index contributed by atoms with van der Waals surface area (Å²) in [5, 5.41) is 12.8. The van der Waals surface area contributed by atoms with Gasteiger partial charge >= 0.3 is 5.97 Å². The molecule has 1 saturated heterocycles. The standard InChI is InChI=1S/C14H19ClN2O2/c1-9-8-17(2)6-5-12(9)16-13-4-3-10(14(18)19)7-11(13)15/h3-4,7,9,12,16H,5-6,8H2,1-2H3,(H,18,19). The first-order valence-corrected chi connectivity index (χ1v) is 6.83. The third-order valence-electron chi connectivity index (χ3n) is 3.67. The fourth-order valence-corrected chi connectivity index (χ4v) is 2.77. The molecule has 2 N–H and O–H groups in total. The molecule has 4 nitrogen and oxygen atoms in total. The molecule has 0 amide bonds. The molecule has 19 heavy (non-hydrogen) atoms. The van der Waals surface area contributed by atoms with Gasteiger partial charge in [-0.05, 0) is 44.1 Å². The monoisotopic (exact) mass is 282 g/mol. The Morgan fingerprint density at radius 2 is 2.26 bits per heavy atom. The molecule has 2 unspecified atom stereocenters. The number of carboxylic acid groups (broad SMARTS) is 1. The normalized spacial score (nSPS) is 24.2. The number of carboxylic acids is 1. The van der Waals surface area contributed by atoms with Crippen LogP contribution in [0, 0.1) is 5.92 Å². The average molecular weight is 283 g/mol. The molecular weight excluding hydrogens is 264 g/mol. The first-order valence-electron chi connectivity index (χ1n) is 6.45. The van der Waals surface area contributed by atoms with Crippen LogP contribution >= 0.6 is 11.6 Å². The Morgan fingerprint density at radius 3 is 2.84 bits per heavy atom. The fraction of sp³-hybridized carbons (Fsp3) is 0.500. The Morgan fingerprint density at radius 1 is 1.53 bits per heavy atom. The number of piperidine rings is 1. The van der Waals surface area contributed by atoms with Crippen LogP contribution in [0.1, 0.15) is 23.7 Å². The molecular formula is C14H19ClN2O2. The summed E-state index contributed by atoms with van der Waals surface area (Å²) < 4.78 is 0. The Hall–Kier alpha value is -1.26. The number of aromatic carboxylic acids is 1. The van der Waals surface area contributed by atoms with Crippen molar-refractivity contribution in [3.05, 3.63) is 28.8 Å².